The van der Waals surface area contributed by atoms with Crippen LogP contribution >= 0.6 is 0 Å². The number of halogens is 2. The fraction of sp³-hybridized carbons (Fsp3) is 0.900. The van der Waals surface area contributed by atoms with Crippen LogP contribution in [0.2, 0.25) is 0 Å². The van der Waals surface area contributed by atoms with E-state index >= 15 is 0 Å². The summed E-state index contributed by atoms with van der Waals surface area (Å²) in [6.45, 7) is 2.47. The van der Waals surface area contributed by atoms with Crippen molar-refractivity contribution in [3.05, 3.63) is 0 Å². The Kier molecular flexibility index (Phi) is 3.84. The highest BCUT2D eigenvalue weighted by Crippen LogP contribution is 2.37. The first-order chi connectivity index (χ1) is 6.53. The van der Waals surface area contributed by atoms with E-state index in [1.54, 1.807) is 0 Å². The third-order valence-electron chi connectivity index (χ3n) is 2.68. The SMILES string of the molecule is CCNC(=O)CC1CCC(F)(F)CC1. The zero-order chi connectivity index (χ0) is 10.6. The van der Waals surface area contributed by atoms with Crippen molar-refractivity contribution >= 4 is 5.91 Å². The second-order valence-corrected chi connectivity index (χ2v) is 3.96. The van der Waals surface area contributed by atoms with Gasteiger partial charge in [-0.05, 0) is 25.7 Å². The van der Waals surface area contributed by atoms with Gasteiger partial charge in [-0.1, -0.05) is 0 Å². The van der Waals surface area contributed by atoms with Gasteiger partial charge in [-0.25, -0.2) is 8.78 Å². The average Bonchev–Trinajstić information content (AvgIpc) is 2.09. The van der Waals surface area contributed by atoms with Crippen molar-refractivity contribution in [3.8, 4) is 0 Å². The van der Waals surface area contributed by atoms with Gasteiger partial charge in [-0.2, -0.15) is 0 Å². The summed E-state index contributed by atoms with van der Waals surface area (Å²) in [4.78, 5) is 11.2. The number of nitrogens with one attached hydrogen (secondary N) is 1. The normalized spacial score (nSPS) is 21.9. The minimum atomic E-state index is -2.49. The van der Waals surface area contributed by atoms with Crippen molar-refractivity contribution in [1.82, 2.24) is 5.32 Å². The van der Waals surface area contributed by atoms with Crippen molar-refractivity contribution in [3.63, 3.8) is 0 Å². The number of carbonyl (C=O) groups is 1. The van der Waals surface area contributed by atoms with Crippen LogP contribution in [0.1, 0.15) is 39.0 Å². The van der Waals surface area contributed by atoms with Crippen LogP contribution in [-0.2, 0) is 4.79 Å². The zero-order valence-electron chi connectivity index (χ0n) is 8.48. The van der Waals surface area contributed by atoms with Crippen molar-refractivity contribution in [2.45, 2.75) is 45.0 Å². The Morgan fingerprint density at radius 2 is 2.00 bits per heavy atom. The Bertz CT molecular complexity index is 196. The predicted molar refractivity (Wildman–Crippen MR) is 50.2 cm³/mol. The molecular formula is C10H17F2NO. The van der Waals surface area contributed by atoms with Crippen LogP contribution in [0.25, 0.3) is 0 Å². The maximum atomic E-state index is 12.8. The van der Waals surface area contributed by atoms with E-state index in [0.717, 1.165) is 0 Å². The quantitative estimate of drug-likeness (QED) is 0.752. The molecule has 4 heteroatoms. The molecule has 1 N–H and O–H groups in total. The number of hydrogen-bond acceptors (Lipinski definition) is 1. The largest absolute Gasteiger partial charge is 0.356 e. The highest BCUT2D eigenvalue weighted by molar-refractivity contribution is 5.76. The van der Waals surface area contributed by atoms with Crippen molar-refractivity contribution in [2.24, 2.45) is 5.92 Å². The molecule has 1 aliphatic rings. The summed E-state index contributed by atoms with van der Waals surface area (Å²) in [5.74, 6) is -2.35. The highest BCUT2D eigenvalue weighted by Gasteiger charge is 2.35. The molecule has 0 saturated heterocycles. The molecule has 0 radical (unpaired) electrons. The lowest BCUT2D eigenvalue weighted by Gasteiger charge is -2.27. The van der Waals surface area contributed by atoms with Gasteiger partial charge in [0.25, 0.3) is 0 Å². The van der Waals surface area contributed by atoms with Crippen molar-refractivity contribution < 1.29 is 13.6 Å². The highest BCUT2D eigenvalue weighted by atomic mass is 19.3. The summed E-state index contributed by atoms with van der Waals surface area (Å²) in [7, 11) is 0. The lowest BCUT2D eigenvalue weighted by molar-refractivity contribution is -0.123. The van der Waals surface area contributed by atoms with E-state index in [1.165, 1.54) is 0 Å². The van der Waals surface area contributed by atoms with Gasteiger partial charge in [0.2, 0.25) is 11.8 Å². The maximum absolute atomic E-state index is 12.8. The molecule has 0 aromatic heterocycles. The van der Waals surface area contributed by atoms with Crippen LogP contribution in [0.4, 0.5) is 8.78 Å². The minimum Gasteiger partial charge on any atom is -0.356 e. The van der Waals surface area contributed by atoms with Gasteiger partial charge in [0, 0.05) is 25.8 Å². The maximum Gasteiger partial charge on any atom is 0.248 e. The van der Waals surface area contributed by atoms with E-state index in [0.29, 0.717) is 25.8 Å². The average molecular weight is 205 g/mol. The minimum absolute atomic E-state index is 0.0114. The van der Waals surface area contributed by atoms with Crippen LogP contribution in [0.15, 0.2) is 0 Å². The first kappa shape index (κ1) is 11.4. The number of alkyl halides is 2. The van der Waals surface area contributed by atoms with Gasteiger partial charge >= 0.3 is 0 Å². The van der Waals surface area contributed by atoms with E-state index in [2.05, 4.69) is 5.32 Å². The number of carbonyl (C=O) groups excluding carboxylic acids is 1. The first-order valence-electron chi connectivity index (χ1n) is 5.18. The Balaban J connectivity index is 2.25. The molecule has 0 spiro atoms. The third kappa shape index (κ3) is 3.60. The van der Waals surface area contributed by atoms with Crippen molar-refractivity contribution in [2.75, 3.05) is 6.54 Å². The van der Waals surface area contributed by atoms with Gasteiger partial charge < -0.3 is 5.32 Å². The van der Waals surface area contributed by atoms with Gasteiger partial charge in [0.15, 0.2) is 0 Å². The van der Waals surface area contributed by atoms with E-state index < -0.39 is 5.92 Å². The summed E-state index contributed by atoms with van der Waals surface area (Å²) in [5, 5.41) is 2.69. The molecule has 0 aromatic carbocycles. The van der Waals surface area contributed by atoms with Crippen LogP contribution < -0.4 is 5.32 Å². The fourth-order valence-corrected chi connectivity index (χ4v) is 1.84. The Hall–Kier alpha value is -0.670. The summed E-state index contributed by atoms with van der Waals surface area (Å²) in [6.07, 6.45) is 1.24. The molecule has 0 aromatic rings. The lowest BCUT2D eigenvalue weighted by atomic mass is 9.84. The molecule has 1 saturated carbocycles. The smallest absolute Gasteiger partial charge is 0.248 e. The molecule has 2 nitrogen and oxygen atoms in total. The number of hydrogen-bond donors (Lipinski definition) is 1. The third-order valence-corrected chi connectivity index (χ3v) is 2.68. The Morgan fingerprint density at radius 1 is 1.43 bits per heavy atom. The first-order valence-corrected chi connectivity index (χ1v) is 5.18. The molecule has 1 rings (SSSR count). The summed E-state index contributed by atoms with van der Waals surface area (Å²) in [6, 6.07) is 0. The second-order valence-electron chi connectivity index (χ2n) is 3.96. The number of rotatable bonds is 3. The summed E-state index contributed by atoms with van der Waals surface area (Å²) >= 11 is 0. The second kappa shape index (κ2) is 4.71. The molecule has 1 amide bonds. The zero-order valence-corrected chi connectivity index (χ0v) is 8.48. The summed E-state index contributed by atoms with van der Waals surface area (Å²) < 4.78 is 25.5. The molecule has 82 valence electrons. The molecule has 14 heavy (non-hydrogen) atoms. The molecule has 0 bridgehead atoms. The summed E-state index contributed by atoms with van der Waals surface area (Å²) in [5.41, 5.74) is 0. The van der Waals surface area contributed by atoms with E-state index in [4.69, 9.17) is 0 Å². The Morgan fingerprint density at radius 3 is 2.50 bits per heavy atom. The molecule has 1 aliphatic carbocycles. The van der Waals surface area contributed by atoms with E-state index in [9.17, 15) is 13.6 Å². The molecule has 0 atom stereocenters. The molecular weight excluding hydrogens is 188 g/mol. The van der Waals surface area contributed by atoms with Crippen molar-refractivity contribution in [1.29, 1.82) is 0 Å². The van der Waals surface area contributed by atoms with Gasteiger partial charge in [-0.15, -0.1) is 0 Å². The van der Waals surface area contributed by atoms with Gasteiger partial charge in [0.05, 0.1) is 0 Å². The monoisotopic (exact) mass is 205 g/mol. The van der Waals surface area contributed by atoms with Crippen LogP contribution in [-0.4, -0.2) is 18.4 Å². The van der Waals surface area contributed by atoms with Crippen LogP contribution in [0.5, 0.6) is 0 Å². The van der Waals surface area contributed by atoms with E-state index in [1.807, 2.05) is 6.92 Å². The Labute approximate surface area is 83.1 Å². The molecule has 0 heterocycles. The van der Waals surface area contributed by atoms with Gasteiger partial charge in [-0.3, -0.25) is 4.79 Å². The van der Waals surface area contributed by atoms with Crippen LogP contribution in [0, 0.1) is 5.92 Å². The van der Waals surface area contributed by atoms with E-state index in [-0.39, 0.29) is 24.7 Å². The predicted octanol–water partition coefficient (Wildman–Crippen LogP) is 2.34. The molecule has 1 fully saturated rings. The number of amides is 1. The van der Waals surface area contributed by atoms with Crippen LogP contribution in [0.3, 0.4) is 0 Å². The topological polar surface area (TPSA) is 29.1 Å². The molecule has 0 aliphatic heterocycles. The fourth-order valence-electron chi connectivity index (χ4n) is 1.84. The van der Waals surface area contributed by atoms with Gasteiger partial charge in [0.1, 0.15) is 0 Å². The standard InChI is InChI=1S/C10H17F2NO/c1-2-13-9(14)7-8-3-5-10(11,12)6-4-8/h8H,2-7H2,1H3,(H,13,14). The lowest BCUT2D eigenvalue weighted by Crippen LogP contribution is -2.29. The molecule has 0 unspecified atom stereocenters.